The molecule has 0 fully saturated rings. The van der Waals surface area contributed by atoms with Crippen molar-refractivity contribution in [2.24, 2.45) is 39.9 Å². The number of aliphatic carboxylic acids is 1. The maximum atomic E-state index is 14.0. The number of carboxylic acids is 1. The van der Waals surface area contributed by atoms with Crippen molar-refractivity contribution in [2.45, 2.75) is 188 Å². The van der Waals surface area contributed by atoms with Gasteiger partial charge in [-0.3, -0.25) is 62.5 Å². The van der Waals surface area contributed by atoms with Crippen LogP contribution in [0, 0.1) is 17.8 Å². The number of nitrogens with two attached hydrogens (primary N) is 3. The highest BCUT2D eigenvalue weighted by atomic mass is 16.4. The summed E-state index contributed by atoms with van der Waals surface area (Å²) < 4.78 is 0. The second-order valence-electron chi connectivity index (χ2n) is 21.1. The van der Waals surface area contributed by atoms with E-state index in [1.807, 2.05) is 13.8 Å². The fraction of sp³-hybridized carbons (Fsp3) is 0.720. The van der Waals surface area contributed by atoms with Gasteiger partial charge in [-0.05, 0) is 89.9 Å². The maximum Gasteiger partial charge on any atom is 0.312 e. The van der Waals surface area contributed by atoms with E-state index in [1.54, 1.807) is 34.6 Å². The topological polar surface area (TPSA) is 477 Å². The number of hydrogen-bond donors (Lipinski definition) is 16. The van der Waals surface area contributed by atoms with Crippen molar-refractivity contribution >= 4 is 82.9 Å². The first-order chi connectivity index (χ1) is 37.1. The zero-order valence-electron chi connectivity index (χ0n) is 48.3. The van der Waals surface area contributed by atoms with E-state index in [2.05, 4.69) is 68.8 Å². The molecule has 0 aliphatic carbocycles. The van der Waals surface area contributed by atoms with Crippen LogP contribution in [0.25, 0.3) is 0 Å². The lowest BCUT2D eigenvalue weighted by atomic mass is 9.98. The number of amides is 13. The van der Waals surface area contributed by atoms with Gasteiger partial charge in [0.1, 0.15) is 53.9 Å². The molecule has 0 unspecified atom stereocenters. The number of carboxylic acid groups (broad SMARTS) is 1. The van der Waals surface area contributed by atoms with Gasteiger partial charge < -0.3 is 86.1 Å². The van der Waals surface area contributed by atoms with Crippen LogP contribution in [0.3, 0.4) is 0 Å². The molecule has 0 radical (unpaired) electrons. The van der Waals surface area contributed by atoms with Gasteiger partial charge in [0.2, 0.25) is 65.0 Å². The lowest BCUT2D eigenvalue weighted by Gasteiger charge is -2.31. The molecular formula is C50H90N16O14. The molecule has 80 heavy (non-hydrogen) atoms. The van der Waals surface area contributed by atoms with E-state index < -0.39 is 144 Å². The van der Waals surface area contributed by atoms with E-state index >= 15 is 0 Å². The minimum absolute atomic E-state index is 0.00970. The number of likely N-dealkylation sites (N-methyl/N-ethyl adjacent to an activating group) is 1. The monoisotopic (exact) mass is 1140 g/mol. The fourth-order valence-corrected chi connectivity index (χ4v) is 7.64. The van der Waals surface area contributed by atoms with Gasteiger partial charge in [-0.2, -0.15) is 0 Å². The van der Waals surface area contributed by atoms with Crippen molar-refractivity contribution in [1.29, 1.82) is 0 Å². The minimum atomic E-state index is -1.75. The Morgan fingerprint density at radius 3 is 1.46 bits per heavy atom. The zero-order chi connectivity index (χ0) is 61.6. The van der Waals surface area contributed by atoms with Gasteiger partial charge in [0.25, 0.3) is 0 Å². The van der Waals surface area contributed by atoms with Crippen LogP contribution in [0.2, 0.25) is 0 Å². The summed E-state index contributed by atoms with van der Waals surface area (Å²) in [6.07, 6.45) is -0.191. The summed E-state index contributed by atoms with van der Waals surface area (Å²) in [5.74, 6) is -10.8. The molecule has 0 heterocycles. The first-order valence-corrected chi connectivity index (χ1v) is 26.6. The Balaban J connectivity index is 6.22. The van der Waals surface area contributed by atoms with Crippen LogP contribution in [0.4, 0.5) is 4.79 Å². The average Bonchev–Trinajstić information content (AvgIpc) is 3.34. The van der Waals surface area contributed by atoms with Crippen molar-refractivity contribution in [3.05, 3.63) is 0 Å². The zero-order valence-corrected chi connectivity index (χ0v) is 48.3. The standard InChI is InChI=1S/C50H90N16O14/c1-13-30(42(74)63-35(22-27(6)7)44(76)62-32(17-15-19-56-49(53)80)46(78)66-50(10,11)47(79)65-33(20-25(2)3)40(72)54-12)61-39(71)28(8)58-43(75)34(21-26(4)5)64-45(77)36(23-38(69)70)60-37(68)24-57-41(73)31(59-29(9)67)16-14-18-55-48(51)52/h25-28,30-36H,13-24H2,1-12H3,(H,54,72)(H,57,73)(H,58,75)(H,59,67)(H,60,68)(H,61,71)(H,62,76)(H,63,74)(H,64,77)(H,65,79)(H,66,78)(H,69,70)(H4,51,52,55)(H3,53,56,80)/t28-,30-,31-,32-,33-,34-,35-,36-/m0/s1. The van der Waals surface area contributed by atoms with Crippen molar-refractivity contribution in [1.82, 2.24) is 63.8 Å². The summed E-state index contributed by atoms with van der Waals surface area (Å²) >= 11 is 0. The van der Waals surface area contributed by atoms with Crippen molar-refractivity contribution < 1.29 is 67.4 Å². The van der Waals surface area contributed by atoms with Gasteiger partial charge >= 0.3 is 12.0 Å². The lowest BCUT2D eigenvalue weighted by molar-refractivity contribution is -0.141. The molecule has 0 aromatic heterocycles. The van der Waals surface area contributed by atoms with Crippen LogP contribution < -0.4 is 81.0 Å². The smallest absolute Gasteiger partial charge is 0.312 e. The molecule has 0 aromatic rings. The number of aliphatic imine (C=N–C) groups is 1. The molecule has 0 aliphatic rings. The summed E-state index contributed by atoms with van der Waals surface area (Å²) in [5, 5.41) is 39.5. The molecule has 30 nitrogen and oxygen atoms in total. The normalized spacial score (nSPS) is 14.1. The summed E-state index contributed by atoms with van der Waals surface area (Å²) in [4.78, 5) is 173. The number of guanidine groups is 1. The number of carbonyl (C=O) groups is 13. The molecule has 0 spiro atoms. The Bertz CT molecular complexity index is 2190. The van der Waals surface area contributed by atoms with Crippen LogP contribution in [-0.4, -0.2) is 169 Å². The molecule has 0 saturated heterocycles. The molecule has 0 saturated carbocycles. The van der Waals surface area contributed by atoms with Crippen LogP contribution in [0.5, 0.6) is 0 Å². The van der Waals surface area contributed by atoms with E-state index in [4.69, 9.17) is 17.2 Å². The third kappa shape index (κ3) is 29.8. The second-order valence-corrected chi connectivity index (χ2v) is 21.1. The Kier molecular flexibility index (Phi) is 32.8. The quantitative estimate of drug-likeness (QED) is 0.0161. The highest BCUT2D eigenvalue weighted by molar-refractivity contribution is 5.99. The van der Waals surface area contributed by atoms with Gasteiger partial charge in [-0.15, -0.1) is 0 Å². The van der Waals surface area contributed by atoms with Crippen LogP contribution >= 0.6 is 0 Å². The Morgan fingerprint density at radius 1 is 0.525 bits per heavy atom. The first kappa shape index (κ1) is 72.2. The molecule has 454 valence electrons. The minimum Gasteiger partial charge on any atom is -0.481 e. The summed E-state index contributed by atoms with van der Waals surface area (Å²) in [7, 11) is 1.42. The number of nitrogens with zero attached hydrogens (tertiary/aromatic N) is 1. The first-order valence-electron chi connectivity index (χ1n) is 26.6. The lowest BCUT2D eigenvalue weighted by Crippen LogP contribution is -2.62. The summed E-state index contributed by atoms with van der Waals surface area (Å²) in [6, 6.07) is -11.2. The van der Waals surface area contributed by atoms with Crippen molar-refractivity contribution in [2.75, 3.05) is 26.7 Å². The molecule has 0 rings (SSSR count). The highest BCUT2D eigenvalue weighted by Gasteiger charge is 2.37. The Labute approximate surface area is 467 Å². The van der Waals surface area contributed by atoms with Gasteiger partial charge in [0.15, 0.2) is 5.96 Å². The van der Waals surface area contributed by atoms with E-state index in [9.17, 15) is 67.4 Å². The predicted octanol–water partition coefficient (Wildman–Crippen LogP) is -3.81. The second kappa shape index (κ2) is 36.4. The predicted molar refractivity (Wildman–Crippen MR) is 294 cm³/mol. The largest absolute Gasteiger partial charge is 0.481 e. The number of primary amides is 1. The molecule has 0 aromatic carbocycles. The molecule has 0 bridgehead atoms. The van der Waals surface area contributed by atoms with E-state index in [0.29, 0.717) is 6.42 Å². The molecule has 0 aliphatic heterocycles. The summed E-state index contributed by atoms with van der Waals surface area (Å²) in [5.41, 5.74) is 14.2. The van der Waals surface area contributed by atoms with Crippen LogP contribution in [0.1, 0.15) is 134 Å². The highest BCUT2D eigenvalue weighted by Crippen LogP contribution is 2.13. The third-order valence-electron chi connectivity index (χ3n) is 11.7. The van der Waals surface area contributed by atoms with Crippen molar-refractivity contribution in [3.8, 4) is 0 Å². The van der Waals surface area contributed by atoms with E-state index in [0.717, 1.165) is 0 Å². The SMILES string of the molecule is CC[C@H](NC(=O)[C@H](C)NC(=O)[C@H](CC(C)C)NC(=O)[C@H](CC(=O)O)NC(=O)CNC(=O)[C@H](CCCN=C(N)N)NC(C)=O)C(=O)N[C@@H](CC(C)C)C(=O)N[C@@H](CCCNC(N)=O)C(=O)NC(C)(C)C(=O)N[C@@H](CC(C)C)C(=O)NC. The third-order valence-corrected chi connectivity index (χ3v) is 11.7. The number of urea groups is 1. The number of carbonyl (C=O) groups excluding carboxylic acids is 12. The number of rotatable bonds is 37. The summed E-state index contributed by atoms with van der Waals surface area (Å²) in [6.45, 7) is 17.0. The molecule has 13 amide bonds. The van der Waals surface area contributed by atoms with Gasteiger partial charge in [-0.25, -0.2) is 4.79 Å². The molecule has 8 atom stereocenters. The fourth-order valence-electron chi connectivity index (χ4n) is 7.64. The van der Waals surface area contributed by atoms with Crippen LogP contribution in [0.15, 0.2) is 4.99 Å². The van der Waals surface area contributed by atoms with Gasteiger partial charge in [0, 0.05) is 27.1 Å². The number of hydrogen-bond acceptors (Lipinski definition) is 14. The maximum absolute atomic E-state index is 14.0. The van der Waals surface area contributed by atoms with E-state index in [-0.39, 0.29) is 81.7 Å². The molecule has 30 heteroatoms. The van der Waals surface area contributed by atoms with Gasteiger partial charge in [-0.1, -0.05) is 48.5 Å². The van der Waals surface area contributed by atoms with Crippen LogP contribution in [-0.2, 0) is 57.5 Å². The molecule has 19 N–H and O–H groups in total. The van der Waals surface area contributed by atoms with Crippen molar-refractivity contribution in [3.63, 3.8) is 0 Å². The average molecular weight is 1140 g/mol. The Morgan fingerprint density at radius 2 is 0.988 bits per heavy atom. The molecular weight excluding hydrogens is 1050 g/mol. The number of nitrogens with one attached hydrogen (secondary N) is 12. The van der Waals surface area contributed by atoms with Gasteiger partial charge in [0.05, 0.1) is 13.0 Å². The van der Waals surface area contributed by atoms with E-state index in [1.165, 1.54) is 34.7 Å². The Hall–Kier alpha value is -7.82.